The number of amides is 1. The van der Waals surface area contributed by atoms with Crippen LogP contribution in [0.15, 0.2) is 35.3 Å². The molecule has 1 aromatic heterocycles. The van der Waals surface area contributed by atoms with Gasteiger partial charge in [-0.3, -0.25) is 14.4 Å². The number of fused-ring (bicyclic) bond motifs is 1. The number of carboxylic acids is 1. The van der Waals surface area contributed by atoms with Crippen LogP contribution in [0.3, 0.4) is 0 Å². The lowest BCUT2D eigenvalue weighted by atomic mass is 9.96. The topological polar surface area (TPSA) is 101 Å². The van der Waals surface area contributed by atoms with Gasteiger partial charge in [-0.25, -0.2) is 4.39 Å². The van der Waals surface area contributed by atoms with E-state index in [1.807, 2.05) is 0 Å². The Hall–Kier alpha value is -4.30. The summed E-state index contributed by atoms with van der Waals surface area (Å²) in [4.78, 5) is 39.1. The maximum absolute atomic E-state index is 15.5. The van der Waals surface area contributed by atoms with E-state index in [1.54, 1.807) is 0 Å². The van der Waals surface area contributed by atoms with Crippen molar-refractivity contribution in [3.05, 3.63) is 68.8 Å². The van der Waals surface area contributed by atoms with E-state index in [1.165, 1.54) is 11.8 Å². The number of rotatable bonds is 7. The second-order valence-corrected chi connectivity index (χ2v) is 10.2. The van der Waals surface area contributed by atoms with E-state index in [9.17, 15) is 45.8 Å². The number of pyridine rings is 1. The largest absolute Gasteiger partial charge is 0.492 e. The number of anilines is 1. The van der Waals surface area contributed by atoms with E-state index in [0.29, 0.717) is 16.8 Å². The number of alkyl halides is 6. The Morgan fingerprint density at radius 2 is 1.74 bits per heavy atom. The second-order valence-electron chi connectivity index (χ2n) is 10.2. The Labute approximate surface area is 239 Å². The van der Waals surface area contributed by atoms with Gasteiger partial charge in [-0.15, -0.1) is 0 Å². The van der Waals surface area contributed by atoms with Gasteiger partial charge in [0, 0.05) is 25.8 Å². The van der Waals surface area contributed by atoms with E-state index in [4.69, 9.17) is 4.74 Å². The number of carbonyl (C=O) groups excluding carboxylic acids is 1. The van der Waals surface area contributed by atoms with Crippen LogP contribution in [0.4, 0.5) is 36.4 Å². The molecule has 0 unspecified atom stereocenters. The van der Waals surface area contributed by atoms with Gasteiger partial charge in [0.25, 0.3) is 5.91 Å². The summed E-state index contributed by atoms with van der Waals surface area (Å²) in [5, 5.41) is 11.0. The number of aliphatic carboxylic acids is 1. The van der Waals surface area contributed by atoms with Crippen LogP contribution in [0.1, 0.15) is 39.9 Å². The van der Waals surface area contributed by atoms with Gasteiger partial charge in [-0.05, 0) is 49.1 Å². The number of nitrogens with one attached hydrogen (secondary N) is 1. The average molecular weight is 618 g/mol. The van der Waals surface area contributed by atoms with Crippen LogP contribution in [-0.4, -0.2) is 47.9 Å². The number of aromatic nitrogens is 1. The lowest BCUT2D eigenvalue weighted by Gasteiger charge is -2.33. The number of halogens is 7. The van der Waals surface area contributed by atoms with Gasteiger partial charge < -0.3 is 24.6 Å². The third-order valence-electron chi connectivity index (χ3n) is 7.31. The summed E-state index contributed by atoms with van der Waals surface area (Å²) in [5.41, 5.74) is -2.98. The second kappa shape index (κ2) is 11.8. The summed E-state index contributed by atoms with van der Waals surface area (Å²) in [6, 6.07) is 3.51. The molecule has 1 fully saturated rings. The lowest BCUT2D eigenvalue weighted by Crippen LogP contribution is -2.37. The first-order valence-corrected chi connectivity index (χ1v) is 12.9. The number of benzene rings is 2. The van der Waals surface area contributed by atoms with Crippen molar-refractivity contribution < 1.29 is 50.2 Å². The normalized spacial score (nSPS) is 14.7. The van der Waals surface area contributed by atoms with Gasteiger partial charge in [-0.2, -0.15) is 26.3 Å². The zero-order chi connectivity index (χ0) is 31.9. The van der Waals surface area contributed by atoms with Gasteiger partial charge in [-0.1, -0.05) is 6.07 Å². The van der Waals surface area contributed by atoms with Gasteiger partial charge >= 0.3 is 18.3 Å². The minimum absolute atomic E-state index is 0.0586. The fraction of sp³-hybridized carbons (Fsp3) is 0.393. The van der Waals surface area contributed by atoms with Gasteiger partial charge in [0.1, 0.15) is 17.8 Å². The zero-order valence-electron chi connectivity index (χ0n) is 22.8. The fourth-order valence-corrected chi connectivity index (χ4v) is 5.15. The van der Waals surface area contributed by atoms with Crippen LogP contribution in [-0.2, 0) is 24.1 Å². The van der Waals surface area contributed by atoms with Crippen molar-refractivity contribution in [2.75, 3.05) is 25.1 Å². The minimum atomic E-state index is -4.84. The van der Waals surface area contributed by atoms with Crippen molar-refractivity contribution in [1.82, 2.24) is 9.88 Å². The molecule has 43 heavy (non-hydrogen) atoms. The molecule has 1 aliphatic rings. The summed E-state index contributed by atoms with van der Waals surface area (Å²) in [7, 11) is 1.08. The van der Waals surface area contributed by atoms with Crippen LogP contribution in [0, 0.1) is 18.7 Å². The smallest absolute Gasteiger partial charge is 0.416 e. The third kappa shape index (κ3) is 6.70. The minimum Gasteiger partial charge on any atom is -0.492 e. The Kier molecular flexibility index (Phi) is 8.65. The molecule has 0 aliphatic carbocycles. The molecule has 0 radical (unpaired) electrons. The highest BCUT2D eigenvalue weighted by Crippen LogP contribution is 2.40. The number of carbonyl (C=O) groups is 2. The van der Waals surface area contributed by atoms with Crippen molar-refractivity contribution >= 4 is 28.5 Å². The Balaban J connectivity index is 1.76. The van der Waals surface area contributed by atoms with Crippen molar-refractivity contribution in [2.24, 2.45) is 5.92 Å². The fourth-order valence-electron chi connectivity index (χ4n) is 5.15. The Morgan fingerprint density at radius 1 is 1.09 bits per heavy atom. The molecule has 1 saturated heterocycles. The molecule has 8 nitrogen and oxygen atoms in total. The molecule has 232 valence electrons. The third-order valence-corrected chi connectivity index (χ3v) is 7.31. The van der Waals surface area contributed by atoms with Gasteiger partial charge in [0.15, 0.2) is 11.6 Å². The number of hydrogen-bond acceptors (Lipinski definition) is 5. The molecule has 1 aliphatic heterocycles. The summed E-state index contributed by atoms with van der Waals surface area (Å²) >= 11 is 0. The van der Waals surface area contributed by atoms with Crippen LogP contribution in [0.5, 0.6) is 5.75 Å². The molecule has 4 rings (SSSR count). The quantitative estimate of drug-likeness (QED) is 0.351. The molecular formula is C28H26F7N3O5. The average Bonchev–Trinajstić information content (AvgIpc) is 2.91. The first-order chi connectivity index (χ1) is 20.0. The van der Waals surface area contributed by atoms with E-state index in [2.05, 4.69) is 5.32 Å². The molecule has 2 heterocycles. The van der Waals surface area contributed by atoms with Crippen molar-refractivity contribution in [2.45, 2.75) is 45.2 Å². The number of methoxy groups -OCH3 is 1. The molecule has 1 amide bonds. The molecule has 3 aromatic rings. The molecule has 0 saturated carbocycles. The summed E-state index contributed by atoms with van der Waals surface area (Å²) in [5.74, 6) is -4.24. The zero-order valence-corrected chi connectivity index (χ0v) is 22.8. The predicted molar refractivity (Wildman–Crippen MR) is 141 cm³/mol. The van der Waals surface area contributed by atoms with Crippen molar-refractivity contribution in [3.63, 3.8) is 0 Å². The lowest BCUT2D eigenvalue weighted by molar-refractivity contribution is -0.142. The SMILES string of the molecule is COc1c(N2CCC(C(=O)O)CC2)c(F)cc2c(=O)c(C(=O)NCc3ccc(C(F)(F)F)cc3C)cn(CC(F)(F)F)c12. The van der Waals surface area contributed by atoms with Crippen LogP contribution >= 0.6 is 0 Å². The van der Waals surface area contributed by atoms with E-state index >= 15 is 4.39 Å². The molecule has 2 aromatic carbocycles. The summed E-state index contributed by atoms with van der Waals surface area (Å²) in [6.07, 6.45) is -8.47. The van der Waals surface area contributed by atoms with Crippen molar-refractivity contribution in [1.29, 1.82) is 0 Å². The number of nitrogens with zero attached hydrogens (tertiary/aromatic N) is 2. The first-order valence-electron chi connectivity index (χ1n) is 12.9. The maximum atomic E-state index is 15.5. The van der Waals surface area contributed by atoms with E-state index in [0.717, 1.165) is 25.3 Å². The van der Waals surface area contributed by atoms with Crippen molar-refractivity contribution in [3.8, 4) is 5.75 Å². The molecular weight excluding hydrogens is 591 g/mol. The monoisotopic (exact) mass is 617 g/mol. The van der Waals surface area contributed by atoms with Gasteiger partial charge in [0.2, 0.25) is 5.43 Å². The standard InChI is InChI=1S/C28H26F7N3O5/c1-14-9-17(28(33,34)35)4-3-16(14)11-36-25(40)19-12-38(13-27(30,31)32)21-18(23(19)39)10-20(29)22(24(21)43-2)37-7-5-15(6-8-37)26(41)42/h3-4,9-10,12,15H,5-8,11,13H2,1-2H3,(H,36,40)(H,41,42). The highest BCUT2D eigenvalue weighted by molar-refractivity contribution is 5.99. The number of aryl methyl sites for hydroxylation is 1. The Bertz CT molecular complexity index is 1620. The summed E-state index contributed by atoms with van der Waals surface area (Å²) in [6.45, 7) is -0.529. The van der Waals surface area contributed by atoms with Crippen LogP contribution in [0.25, 0.3) is 10.9 Å². The highest BCUT2D eigenvalue weighted by Gasteiger charge is 2.34. The van der Waals surface area contributed by atoms with E-state index < -0.39 is 75.7 Å². The van der Waals surface area contributed by atoms with E-state index in [-0.39, 0.29) is 49.3 Å². The molecule has 2 N–H and O–H groups in total. The summed E-state index contributed by atoms with van der Waals surface area (Å²) < 4.78 is 101. The molecule has 15 heteroatoms. The highest BCUT2D eigenvalue weighted by atomic mass is 19.4. The number of hydrogen-bond donors (Lipinski definition) is 2. The molecule has 0 spiro atoms. The number of carboxylic acid groups (broad SMARTS) is 1. The van der Waals surface area contributed by atoms with Gasteiger partial charge in [0.05, 0.1) is 29.5 Å². The molecule has 0 atom stereocenters. The predicted octanol–water partition coefficient (Wildman–Crippen LogP) is 5.27. The number of piperidine rings is 1. The number of ether oxygens (including phenoxy) is 1. The van der Waals surface area contributed by atoms with Crippen LogP contribution in [0.2, 0.25) is 0 Å². The Morgan fingerprint density at radius 3 is 2.28 bits per heavy atom. The molecule has 0 bridgehead atoms. The van der Waals surface area contributed by atoms with Crippen LogP contribution < -0.4 is 20.4 Å². The maximum Gasteiger partial charge on any atom is 0.416 e. The first kappa shape index (κ1) is 31.6.